The van der Waals surface area contributed by atoms with Crippen LogP contribution >= 0.6 is 11.3 Å². The number of hydrogen-bond donors (Lipinski definition) is 1. The summed E-state index contributed by atoms with van der Waals surface area (Å²) < 4.78 is 20.8. The number of amides is 1. The summed E-state index contributed by atoms with van der Waals surface area (Å²) in [6.45, 7) is 4.61. The minimum Gasteiger partial charge on any atom is -0.350 e. The zero-order valence-electron chi connectivity index (χ0n) is 15.8. The lowest BCUT2D eigenvalue weighted by Gasteiger charge is -1.99. The predicted octanol–water partition coefficient (Wildman–Crippen LogP) is 4.31. The molecule has 1 aromatic carbocycles. The van der Waals surface area contributed by atoms with Gasteiger partial charge in [-0.3, -0.25) is 14.8 Å². The maximum atomic E-state index is 13.8. The van der Waals surface area contributed by atoms with E-state index >= 15 is 0 Å². The quantitative estimate of drug-likeness (QED) is 0.511. The van der Waals surface area contributed by atoms with E-state index in [0.29, 0.717) is 22.8 Å². The van der Waals surface area contributed by atoms with E-state index in [1.54, 1.807) is 35.1 Å². The number of aromatic nitrogens is 4. The highest BCUT2D eigenvalue weighted by atomic mass is 32.1. The largest absolute Gasteiger partial charge is 0.350 e. The van der Waals surface area contributed by atoms with E-state index in [1.807, 2.05) is 20.0 Å². The maximum absolute atomic E-state index is 13.8. The number of thiazole rings is 1. The number of rotatable bonds is 6. The number of nitrogens with zero attached hydrogens (tertiary/aromatic N) is 4. The van der Waals surface area contributed by atoms with Crippen LogP contribution in [-0.4, -0.2) is 25.8 Å². The van der Waals surface area contributed by atoms with Gasteiger partial charge in [-0.1, -0.05) is 23.4 Å². The SMILES string of the molecule is CCn1cc(-c2cc(C(=O)Nc3ncc(Cc4ccccc4F)s3)on2)c(C)n1. The number of anilines is 1. The second-order valence-electron chi connectivity index (χ2n) is 6.41. The Balaban J connectivity index is 1.45. The molecule has 4 aromatic rings. The average molecular weight is 411 g/mol. The molecule has 0 atom stereocenters. The molecular weight excluding hydrogens is 393 g/mol. The van der Waals surface area contributed by atoms with E-state index in [9.17, 15) is 9.18 Å². The lowest BCUT2D eigenvalue weighted by Crippen LogP contribution is -2.10. The summed E-state index contributed by atoms with van der Waals surface area (Å²) in [4.78, 5) is 17.5. The molecule has 0 aliphatic rings. The summed E-state index contributed by atoms with van der Waals surface area (Å²) in [7, 11) is 0. The number of halogens is 1. The molecule has 0 unspecified atom stereocenters. The second kappa shape index (κ2) is 7.96. The van der Waals surface area contributed by atoms with Crippen LogP contribution in [0.2, 0.25) is 0 Å². The molecule has 0 saturated heterocycles. The van der Waals surface area contributed by atoms with Crippen molar-refractivity contribution in [2.45, 2.75) is 26.8 Å². The minimum absolute atomic E-state index is 0.0782. The van der Waals surface area contributed by atoms with Crippen LogP contribution in [0.15, 0.2) is 47.2 Å². The third kappa shape index (κ3) is 4.09. The van der Waals surface area contributed by atoms with Gasteiger partial charge in [-0.2, -0.15) is 5.10 Å². The molecular formula is C20H18FN5O2S. The van der Waals surface area contributed by atoms with Crippen molar-refractivity contribution in [2.75, 3.05) is 5.32 Å². The zero-order chi connectivity index (χ0) is 20.4. The highest BCUT2D eigenvalue weighted by Crippen LogP contribution is 2.25. The third-order valence-corrected chi connectivity index (χ3v) is 5.29. The average Bonchev–Trinajstić information content (AvgIpc) is 3.43. The predicted molar refractivity (Wildman–Crippen MR) is 107 cm³/mol. The zero-order valence-corrected chi connectivity index (χ0v) is 16.7. The van der Waals surface area contributed by atoms with E-state index in [4.69, 9.17) is 4.52 Å². The Kier molecular flexibility index (Phi) is 5.22. The fourth-order valence-corrected chi connectivity index (χ4v) is 3.71. The Bertz CT molecular complexity index is 1160. The number of aryl methyl sites for hydroxylation is 2. The van der Waals surface area contributed by atoms with Gasteiger partial charge in [-0.05, 0) is 25.5 Å². The monoisotopic (exact) mass is 411 g/mol. The van der Waals surface area contributed by atoms with E-state index < -0.39 is 5.91 Å². The first-order valence-electron chi connectivity index (χ1n) is 9.04. The van der Waals surface area contributed by atoms with E-state index in [-0.39, 0.29) is 11.6 Å². The van der Waals surface area contributed by atoms with Gasteiger partial charge in [0, 0.05) is 41.9 Å². The van der Waals surface area contributed by atoms with Crippen molar-refractivity contribution in [1.82, 2.24) is 19.9 Å². The molecule has 0 aliphatic carbocycles. The first kappa shape index (κ1) is 19.0. The topological polar surface area (TPSA) is 85.8 Å². The minimum atomic E-state index is -0.448. The fraction of sp³-hybridized carbons (Fsp3) is 0.200. The first-order valence-corrected chi connectivity index (χ1v) is 9.85. The van der Waals surface area contributed by atoms with E-state index in [0.717, 1.165) is 22.7 Å². The molecule has 7 nitrogen and oxygen atoms in total. The molecule has 0 bridgehead atoms. The Labute approximate surface area is 170 Å². The molecule has 148 valence electrons. The number of benzene rings is 1. The van der Waals surface area contributed by atoms with Gasteiger partial charge in [0.2, 0.25) is 5.76 Å². The molecule has 0 fully saturated rings. The van der Waals surface area contributed by atoms with Crippen molar-refractivity contribution in [3.05, 3.63) is 70.4 Å². The van der Waals surface area contributed by atoms with Gasteiger partial charge < -0.3 is 4.52 Å². The Morgan fingerprint density at radius 3 is 2.93 bits per heavy atom. The smallest absolute Gasteiger partial charge is 0.296 e. The summed E-state index contributed by atoms with van der Waals surface area (Å²) in [5.41, 5.74) is 2.75. The van der Waals surface area contributed by atoms with Crippen molar-refractivity contribution < 1.29 is 13.7 Å². The summed E-state index contributed by atoms with van der Waals surface area (Å²) in [6.07, 6.45) is 3.90. The Morgan fingerprint density at radius 1 is 1.34 bits per heavy atom. The maximum Gasteiger partial charge on any atom is 0.296 e. The molecule has 3 aromatic heterocycles. The lowest BCUT2D eigenvalue weighted by molar-refractivity contribution is 0.0988. The summed E-state index contributed by atoms with van der Waals surface area (Å²) in [5.74, 6) is -0.632. The van der Waals surface area contributed by atoms with Gasteiger partial charge in [0.25, 0.3) is 5.91 Å². The molecule has 0 aliphatic heterocycles. The van der Waals surface area contributed by atoms with Gasteiger partial charge in [-0.25, -0.2) is 9.37 Å². The van der Waals surface area contributed by atoms with Crippen LogP contribution in [-0.2, 0) is 13.0 Å². The van der Waals surface area contributed by atoms with Crippen LogP contribution in [0.1, 0.15) is 33.6 Å². The Hall–Kier alpha value is -3.33. The van der Waals surface area contributed by atoms with Crippen LogP contribution in [0.5, 0.6) is 0 Å². The van der Waals surface area contributed by atoms with Gasteiger partial charge in [-0.15, -0.1) is 11.3 Å². The third-order valence-electron chi connectivity index (χ3n) is 4.38. The van der Waals surface area contributed by atoms with Gasteiger partial charge in [0.1, 0.15) is 11.5 Å². The highest BCUT2D eigenvalue weighted by Gasteiger charge is 2.18. The number of nitrogens with one attached hydrogen (secondary N) is 1. The number of carbonyl (C=O) groups is 1. The molecule has 0 radical (unpaired) electrons. The van der Waals surface area contributed by atoms with Crippen LogP contribution in [0.3, 0.4) is 0 Å². The molecule has 29 heavy (non-hydrogen) atoms. The van der Waals surface area contributed by atoms with Crippen molar-refractivity contribution in [2.24, 2.45) is 0 Å². The van der Waals surface area contributed by atoms with Crippen molar-refractivity contribution in [1.29, 1.82) is 0 Å². The summed E-state index contributed by atoms with van der Waals surface area (Å²) in [6, 6.07) is 8.17. The Morgan fingerprint density at radius 2 is 2.17 bits per heavy atom. The van der Waals surface area contributed by atoms with Crippen molar-refractivity contribution >= 4 is 22.4 Å². The van der Waals surface area contributed by atoms with Gasteiger partial charge in [0.05, 0.1) is 5.69 Å². The van der Waals surface area contributed by atoms with Crippen molar-refractivity contribution in [3.8, 4) is 11.3 Å². The summed E-state index contributed by atoms with van der Waals surface area (Å²) >= 11 is 1.29. The fourth-order valence-electron chi connectivity index (χ4n) is 2.88. The van der Waals surface area contributed by atoms with Crippen LogP contribution in [0.25, 0.3) is 11.3 Å². The van der Waals surface area contributed by atoms with Crippen LogP contribution < -0.4 is 5.32 Å². The molecule has 0 saturated carbocycles. The molecule has 1 N–H and O–H groups in total. The molecule has 9 heteroatoms. The number of hydrogen-bond acceptors (Lipinski definition) is 6. The second-order valence-corrected chi connectivity index (χ2v) is 7.53. The van der Waals surface area contributed by atoms with E-state index in [2.05, 4.69) is 20.6 Å². The highest BCUT2D eigenvalue weighted by molar-refractivity contribution is 7.15. The normalized spacial score (nSPS) is 11.0. The molecule has 3 heterocycles. The van der Waals surface area contributed by atoms with Gasteiger partial charge >= 0.3 is 0 Å². The molecule has 0 spiro atoms. The van der Waals surface area contributed by atoms with Gasteiger partial charge in [0.15, 0.2) is 5.13 Å². The van der Waals surface area contributed by atoms with E-state index in [1.165, 1.54) is 17.4 Å². The van der Waals surface area contributed by atoms with Crippen molar-refractivity contribution in [3.63, 3.8) is 0 Å². The van der Waals surface area contributed by atoms with Crippen LogP contribution in [0, 0.1) is 12.7 Å². The summed E-state index contributed by atoms with van der Waals surface area (Å²) in [5, 5.41) is 11.5. The van der Waals surface area contributed by atoms with Crippen LogP contribution in [0.4, 0.5) is 9.52 Å². The number of carbonyl (C=O) groups excluding carboxylic acids is 1. The molecule has 1 amide bonds. The first-order chi connectivity index (χ1) is 14.0. The molecule has 4 rings (SSSR count). The standard InChI is InChI=1S/C20H18FN5O2S/c1-3-26-11-15(12(2)24-26)17-9-18(28-25-17)19(27)23-20-22-10-14(29-20)8-13-6-4-5-7-16(13)21/h4-7,9-11H,3,8H2,1-2H3,(H,22,23,27). The lowest BCUT2D eigenvalue weighted by atomic mass is 10.1.